The molecule has 1 saturated carbocycles. The molecule has 122 valence electrons. The summed E-state index contributed by atoms with van der Waals surface area (Å²) in [6, 6.07) is 6.41. The summed E-state index contributed by atoms with van der Waals surface area (Å²) < 4.78 is 6.17. The van der Waals surface area contributed by atoms with Gasteiger partial charge in [0.15, 0.2) is 0 Å². The average Bonchev–Trinajstić information content (AvgIpc) is 2.50. The van der Waals surface area contributed by atoms with Crippen molar-refractivity contribution in [2.75, 3.05) is 12.9 Å². The molecule has 1 aromatic rings. The molecule has 1 aliphatic rings. The summed E-state index contributed by atoms with van der Waals surface area (Å²) in [6.07, 6.45) is 4.90. The minimum atomic E-state index is 0.163. The van der Waals surface area contributed by atoms with Gasteiger partial charge in [0.05, 0.1) is 17.3 Å². The summed E-state index contributed by atoms with van der Waals surface area (Å²) in [7, 11) is 1.66. The number of methoxy groups -OCH3 is 1. The highest BCUT2D eigenvalue weighted by atomic mass is 79.9. The van der Waals surface area contributed by atoms with Crippen molar-refractivity contribution in [3.8, 4) is 5.75 Å². The first-order valence-electron chi connectivity index (χ1n) is 7.79. The van der Waals surface area contributed by atoms with Gasteiger partial charge in [0.25, 0.3) is 0 Å². The molecule has 1 aromatic carbocycles. The molecule has 2 rings (SSSR count). The number of hydrogen-bond donors (Lipinski definition) is 1. The Morgan fingerprint density at radius 3 is 2.86 bits per heavy atom. The van der Waals surface area contributed by atoms with Crippen LogP contribution in [0, 0.1) is 5.92 Å². The molecule has 5 heteroatoms. The zero-order chi connectivity index (χ0) is 15.9. The fraction of sp³-hybridized carbons (Fsp3) is 0.588. The second-order valence-electron chi connectivity index (χ2n) is 5.90. The molecule has 0 radical (unpaired) electrons. The highest BCUT2D eigenvalue weighted by Crippen LogP contribution is 2.27. The van der Waals surface area contributed by atoms with E-state index in [1.165, 1.54) is 24.8 Å². The largest absolute Gasteiger partial charge is 0.496 e. The highest BCUT2D eigenvalue weighted by Gasteiger charge is 2.22. The Kier molecular flexibility index (Phi) is 7.09. The van der Waals surface area contributed by atoms with Crippen molar-refractivity contribution >= 4 is 33.6 Å². The Balaban J connectivity index is 1.73. The van der Waals surface area contributed by atoms with Gasteiger partial charge in [-0.2, -0.15) is 0 Å². The van der Waals surface area contributed by atoms with Gasteiger partial charge in [0.2, 0.25) is 5.91 Å². The lowest BCUT2D eigenvalue weighted by Gasteiger charge is -2.29. The first-order valence-corrected chi connectivity index (χ1v) is 9.74. The summed E-state index contributed by atoms with van der Waals surface area (Å²) in [5.41, 5.74) is 1.19. The number of halogens is 1. The molecule has 0 saturated heterocycles. The van der Waals surface area contributed by atoms with Crippen molar-refractivity contribution < 1.29 is 9.53 Å². The molecule has 0 spiro atoms. The average molecular weight is 386 g/mol. The Labute approximate surface area is 145 Å². The minimum absolute atomic E-state index is 0.163. The zero-order valence-corrected chi connectivity index (χ0v) is 15.6. The standard InChI is InChI=1S/C17H24BrNO2S/c1-12-5-3-4-6-15(12)19-17(20)11-22-10-13-7-8-16(21-2)14(18)9-13/h7-9,12,15H,3-6,10-11H2,1-2H3,(H,19,20)/t12-,15+/m1/s1. The van der Waals surface area contributed by atoms with E-state index in [4.69, 9.17) is 4.74 Å². The van der Waals surface area contributed by atoms with Gasteiger partial charge < -0.3 is 10.1 Å². The predicted octanol–water partition coefficient (Wildman–Crippen LogP) is 4.39. The Morgan fingerprint density at radius 1 is 1.41 bits per heavy atom. The minimum Gasteiger partial charge on any atom is -0.496 e. The zero-order valence-electron chi connectivity index (χ0n) is 13.2. The van der Waals surface area contributed by atoms with Crippen LogP contribution in [0.3, 0.4) is 0 Å². The van der Waals surface area contributed by atoms with E-state index in [-0.39, 0.29) is 5.91 Å². The number of benzene rings is 1. The van der Waals surface area contributed by atoms with Crippen LogP contribution in [-0.2, 0) is 10.5 Å². The van der Waals surface area contributed by atoms with Crippen LogP contribution in [0.4, 0.5) is 0 Å². The molecule has 1 amide bonds. The number of nitrogens with one attached hydrogen (secondary N) is 1. The third kappa shape index (κ3) is 5.20. The van der Waals surface area contributed by atoms with Gasteiger partial charge in [-0.3, -0.25) is 4.79 Å². The Morgan fingerprint density at radius 2 is 2.18 bits per heavy atom. The maximum atomic E-state index is 12.1. The fourth-order valence-electron chi connectivity index (χ4n) is 2.84. The number of ether oxygens (including phenoxy) is 1. The lowest BCUT2D eigenvalue weighted by molar-refractivity contribution is -0.119. The third-order valence-electron chi connectivity index (χ3n) is 4.18. The van der Waals surface area contributed by atoms with Gasteiger partial charge >= 0.3 is 0 Å². The molecule has 0 bridgehead atoms. The van der Waals surface area contributed by atoms with Crippen LogP contribution in [0.25, 0.3) is 0 Å². The Bertz CT molecular complexity index is 509. The lowest BCUT2D eigenvalue weighted by atomic mass is 9.86. The third-order valence-corrected chi connectivity index (χ3v) is 5.80. The molecule has 0 aromatic heterocycles. The normalized spacial score (nSPS) is 21.4. The van der Waals surface area contributed by atoms with Crippen molar-refractivity contribution in [2.45, 2.75) is 44.4 Å². The summed E-state index contributed by atoms with van der Waals surface area (Å²) in [6.45, 7) is 2.24. The SMILES string of the molecule is COc1ccc(CSCC(=O)N[C@H]2CCCC[C@H]2C)cc1Br. The second kappa shape index (κ2) is 8.82. The van der Waals surface area contributed by atoms with E-state index in [9.17, 15) is 4.79 Å². The fourth-order valence-corrected chi connectivity index (χ4v) is 4.21. The van der Waals surface area contributed by atoms with Crippen molar-refractivity contribution in [3.05, 3.63) is 28.2 Å². The van der Waals surface area contributed by atoms with E-state index in [2.05, 4.69) is 28.2 Å². The van der Waals surface area contributed by atoms with Gasteiger partial charge in [-0.05, 0) is 52.4 Å². The van der Waals surface area contributed by atoms with Gasteiger partial charge in [-0.25, -0.2) is 0 Å². The summed E-state index contributed by atoms with van der Waals surface area (Å²) in [4.78, 5) is 12.1. The molecule has 1 N–H and O–H groups in total. The quantitative estimate of drug-likeness (QED) is 0.788. The van der Waals surface area contributed by atoms with E-state index < -0.39 is 0 Å². The topological polar surface area (TPSA) is 38.3 Å². The van der Waals surface area contributed by atoms with Crippen LogP contribution < -0.4 is 10.1 Å². The molecule has 0 unspecified atom stereocenters. The number of carbonyl (C=O) groups is 1. The molecule has 22 heavy (non-hydrogen) atoms. The van der Waals surface area contributed by atoms with Gasteiger partial charge in [0.1, 0.15) is 5.75 Å². The van der Waals surface area contributed by atoms with Crippen LogP contribution in [0.1, 0.15) is 38.2 Å². The molecule has 3 nitrogen and oxygen atoms in total. The van der Waals surface area contributed by atoms with Crippen molar-refractivity contribution in [3.63, 3.8) is 0 Å². The molecular formula is C17H24BrNO2S. The molecule has 1 aliphatic carbocycles. The molecule has 0 aliphatic heterocycles. The van der Waals surface area contributed by atoms with Crippen LogP contribution in [0.2, 0.25) is 0 Å². The van der Waals surface area contributed by atoms with Gasteiger partial charge in [-0.15, -0.1) is 11.8 Å². The molecule has 0 heterocycles. The molecule has 2 atom stereocenters. The number of rotatable bonds is 6. The van der Waals surface area contributed by atoms with Crippen molar-refractivity contribution in [1.82, 2.24) is 5.32 Å². The van der Waals surface area contributed by atoms with E-state index in [0.717, 1.165) is 22.4 Å². The summed E-state index contributed by atoms with van der Waals surface area (Å²) in [5, 5.41) is 3.20. The predicted molar refractivity (Wildman–Crippen MR) is 96.4 cm³/mol. The number of carbonyl (C=O) groups excluding carboxylic acids is 1. The second-order valence-corrected chi connectivity index (χ2v) is 7.74. The van der Waals surface area contributed by atoms with E-state index in [1.54, 1.807) is 18.9 Å². The first-order chi connectivity index (χ1) is 10.6. The molecular weight excluding hydrogens is 362 g/mol. The highest BCUT2D eigenvalue weighted by molar-refractivity contribution is 9.10. The van der Waals surface area contributed by atoms with E-state index in [1.807, 2.05) is 18.2 Å². The number of amides is 1. The smallest absolute Gasteiger partial charge is 0.230 e. The first kappa shape index (κ1) is 17.7. The van der Waals surface area contributed by atoms with Gasteiger partial charge in [-0.1, -0.05) is 25.8 Å². The van der Waals surface area contributed by atoms with Crippen LogP contribution >= 0.6 is 27.7 Å². The number of thioether (sulfide) groups is 1. The summed E-state index contributed by atoms with van der Waals surface area (Å²) in [5.74, 6) is 2.96. The van der Waals surface area contributed by atoms with Crippen LogP contribution in [0.5, 0.6) is 5.75 Å². The van der Waals surface area contributed by atoms with E-state index in [0.29, 0.717) is 17.7 Å². The van der Waals surface area contributed by atoms with E-state index >= 15 is 0 Å². The maximum Gasteiger partial charge on any atom is 0.230 e. The molecule has 1 fully saturated rings. The lowest BCUT2D eigenvalue weighted by Crippen LogP contribution is -2.41. The monoisotopic (exact) mass is 385 g/mol. The van der Waals surface area contributed by atoms with Gasteiger partial charge in [0, 0.05) is 11.8 Å². The summed E-state index contributed by atoms with van der Waals surface area (Å²) >= 11 is 5.14. The maximum absolute atomic E-state index is 12.1. The van der Waals surface area contributed by atoms with Crippen LogP contribution in [0.15, 0.2) is 22.7 Å². The number of hydrogen-bond acceptors (Lipinski definition) is 3. The van der Waals surface area contributed by atoms with Crippen molar-refractivity contribution in [2.24, 2.45) is 5.92 Å². The Hall–Kier alpha value is -0.680. The van der Waals surface area contributed by atoms with Crippen molar-refractivity contribution in [1.29, 1.82) is 0 Å². The van der Waals surface area contributed by atoms with Crippen LogP contribution in [-0.4, -0.2) is 24.8 Å².